The van der Waals surface area contributed by atoms with Crippen LogP contribution >= 0.6 is 0 Å². The van der Waals surface area contributed by atoms with E-state index in [1.54, 1.807) is 40.0 Å². The average Bonchev–Trinajstić information content (AvgIpc) is 3.59. The van der Waals surface area contributed by atoms with Crippen molar-refractivity contribution >= 4 is 58.3 Å². The number of nitrogens with one attached hydrogen (secondary N) is 6. The standard InChI is InChI=1S/C39H64N12O8/c1-5-22(4)32(37(57)48-28(15-16-30(42)52)34(54)49-29(38(58)59)19-23-20-46-26-13-7-6-11-24(23)26)51-36(56)31(21(2)3)50-35(55)27(14-10-18-45-39(43)44)47-33(53)25(41)12-8-9-17-40/h6-7,11,13,20-22,25,27-29,31-32,46H,5,8-10,12,14-19,40-41H2,1-4H3,(H2,42,52)(H,47,53)(H,48,57)(H,49,54)(H,50,55)(H,51,56)(H,58,59)(H4,43,44,45)/t22-,25-,27-,28-,29-,31-,32-/m0/s1. The van der Waals surface area contributed by atoms with E-state index >= 15 is 0 Å². The lowest BCUT2D eigenvalue weighted by Gasteiger charge is -2.30. The number of hydrogen-bond donors (Lipinski definition) is 12. The van der Waals surface area contributed by atoms with Crippen LogP contribution in [0.1, 0.15) is 84.6 Å². The average molecular weight is 829 g/mol. The van der Waals surface area contributed by atoms with Crippen LogP contribution in [0.2, 0.25) is 0 Å². The van der Waals surface area contributed by atoms with Crippen molar-refractivity contribution in [3.63, 3.8) is 0 Å². The second-order valence-electron chi connectivity index (χ2n) is 15.0. The predicted molar refractivity (Wildman–Crippen MR) is 223 cm³/mol. The van der Waals surface area contributed by atoms with Crippen LogP contribution in [0.25, 0.3) is 10.9 Å². The molecule has 20 heteroatoms. The van der Waals surface area contributed by atoms with Gasteiger partial charge in [-0.25, -0.2) is 4.79 Å². The number of unbranched alkanes of at least 4 members (excludes halogenated alkanes) is 1. The molecule has 0 aliphatic heterocycles. The maximum atomic E-state index is 13.9. The molecule has 1 heterocycles. The van der Waals surface area contributed by atoms with Crippen molar-refractivity contribution in [1.29, 1.82) is 0 Å². The zero-order valence-electron chi connectivity index (χ0n) is 34.4. The van der Waals surface area contributed by atoms with Gasteiger partial charge in [0.1, 0.15) is 30.2 Å². The summed E-state index contributed by atoms with van der Waals surface area (Å²) in [5, 5.41) is 24.0. The molecule has 0 radical (unpaired) electrons. The number of primary amides is 1. The molecule has 328 valence electrons. The number of carboxylic acids is 1. The van der Waals surface area contributed by atoms with Crippen LogP contribution in [-0.2, 0) is 40.0 Å². The maximum Gasteiger partial charge on any atom is 0.326 e. The summed E-state index contributed by atoms with van der Waals surface area (Å²) in [5.74, 6) is -6.86. The number of amides is 6. The van der Waals surface area contributed by atoms with Crippen molar-refractivity contribution in [2.45, 2.75) is 122 Å². The molecule has 0 saturated heterocycles. The molecular weight excluding hydrogens is 765 g/mol. The zero-order valence-corrected chi connectivity index (χ0v) is 34.4. The van der Waals surface area contributed by atoms with Gasteiger partial charge in [0, 0.05) is 36.5 Å². The van der Waals surface area contributed by atoms with E-state index in [0.717, 1.165) is 10.9 Å². The summed E-state index contributed by atoms with van der Waals surface area (Å²) in [6.07, 6.45) is 3.42. The molecule has 1 aromatic heterocycles. The van der Waals surface area contributed by atoms with Crippen LogP contribution in [0.3, 0.4) is 0 Å². The monoisotopic (exact) mass is 828 g/mol. The van der Waals surface area contributed by atoms with Crippen molar-refractivity contribution in [1.82, 2.24) is 31.6 Å². The smallest absolute Gasteiger partial charge is 0.326 e. The number of nitrogens with zero attached hydrogens (tertiary/aromatic N) is 1. The lowest BCUT2D eigenvalue weighted by atomic mass is 9.95. The van der Waals surface area contributed by atoms with Crippen LogP contribution < -0.4 is 55.3 Å². The summed E-state index contributed by atoms with van der Waals surface area (Å²) in [7, 11) is 0. The molecule has 0 bridgehead atoms. The van der Waals surface area contributed by atoms with Crippen LogP contribution in [0.4, 0.5) is 0 Å². The highest BCUT2D eigenvalue weighted by atomic mass is 16.4. The Hall–Kier alpha value is -5.76. The summed E-state index contributed by atoms with van der Waals surface area (Å²) < 4.78 is 0. The Morgan fingerprint density at radius 1 is 0.746 bits per heavy atom. The molecule has 2 rings (SSSR count). The number of aliphatic carboxylic acids is 1. The fraction of sp³-hybridized carbons (Fsp3) is 0.590. The number of nitrogens with two attached hydrogens (primary N) is 5. The van der Waals surface area contributed by atoms with Crippen molar-refractivity contribution in [3.05, 3.63) is 36.0 Å². The van der Waals surface area contributed by atoms with Gasteiger partial charge >= 0.3 is 5.97 Å². The van der Waals surface area contributed by atoms with Gasteiger partial charge in [0.25, 0.3) is 0 Å². The van der Waals surface area contributed by atoms with Crippen LogP contribution in [0.5, 0.6) is 0 Å². The van der Waals surface area contributed by atoms with Crippen LogP contribution in [0, 0.1) is 11.8 Å². The largest absolute Gasteiger partial charge is 0.480 e. The van der Waals surface area contributed by atoms with Gasteiger partial charge in [-0.05, 0) is 62.1 Å². The Balaban J connectivity index is 2.28. The number of rotatable bonds is 27. The maximum absolute atomic E-state index is 13.9. The van der Waals surface area contributed by atoms with Gasteiger partial charge in [0.05, 0.1) is 6.04 Å². The molecular formula is C39H64N12O8. The van der Waals surface area contributed by atoms with E-state index in [1.807, 2.05) is 18.2 Å². The lowest BCUT2D eigenvalue weighted by Crippen LogP contribution is -2.61. The molecule has 1 aromatic carbocycles. The molecule has 0 fully saturated rings. The van der Waals surface area contributed by atoms with E-state index < -0.39 is 89.5 Å². The molecule has 2 aromatic rings. The molecule has 17 N–H and O–H groups in total. The zero-order chi connectivity index (χ0) is 44.2. The number of H-pyrrole nitrogens is 1. The second kappa shape index (κ2) is 24.9. The minimum atomic E-state index is -1.41. The van der Waals surface area contributed by atoms with Gasteiger partial charge in [-0.3, -0.25) is 33.8 Å². The molecule has 20 nitrogen and oxygen atoms in total. The molecule has 0 unspecified atom stereocenters. The van der Waals surface area contributed by atoms with Gasteiger partial charge in [0.15, 0.2) is 5.96 Å². The first-order valence-electron chi connectivity index (χ1n) is 20.0. The lowest BCUT2D eigenvalue weighted by molar-refractivity contribution is -0.142. The fourth-order valence-electron chi connectivity index (χ4n) is 6.23. The van der Waals surface area contributed by atoms with Gasteiger partial charge in [-0.15, -0.1) is 0 Å². The third kappa shape index (κ3) is 16.6. The van der Waals surface area contributed by atoms with Crippen molar-refractivity contribution in [2.24, 2.45) is 45.5 Å². The normalized spacial score (nSPS) is 14.8. The minimum Gasteiger partial charge on any atom is -0.480 e. The van der Waals surface area contributed by atoms with Gasteiger partial charge in [-0.1, -0.05) is 58.7 Å². The Morgan fingerprint density at radius 2 is 1.34 bits per heavy atom. The number of carboxylic acid groups (broad SMARTS) is 1. The van der Waals surface area contributed by atoms with Crippen molar-refractivity contribution in [3.8, 4) is 0 Å². The molecule has 7 atom stereocenters. The Morgan fingerprint density at radius 3 is 1.95 bits per heavy atom. The number of carbonyl (C=O) groups excluding carboxylic acids is 6. The van der Waals surface area contributed by atoms with Gasteiger partial charge in [0.2, 0.25) is 35.4 Å². The number of aromatic nitrogens is 1. The Kier molecular flexibility index (Phi) is 20.8. The van der Waals surface area contributed by atoms with E-state index in [4.69, 9.17) is 28.7 Å². The minimum absolute atomic E-state index is 0.0855. The molecule has 59 heavy (non-hydrogen) atoms. The van der Waals surface area contributed by atoms with Crippen LogP contribution in [-0.4, -0.2) is 107 Å². The van der Waals surface area contributed by atoms with Crippen molar-refractivity contribution < 1.29 is 38.7 Å². The summed E-state index contributed by atoms with van der Waals surface area (Å²) in [6.45, 7) is 7.46. The number of para-hydroxylation sites is 1. The number of aliphatic imine (C=N–C) groups is 1. The van der Waals surface area contributed by atoms with E-state index in [1.165, 1.54) is 0 Å². The number of aromatic amines is 1. The van der Waals surface area contributed by atoms with E-state index in [-0.39, 0.29) is 38.2 Å². The van der Waals surface area contributed by atoms with Gasteiger partial charge in [-0.2, -0.15) is 0 Å². The SMILES string of the molecule is CC[C@H](C)[C@H](NC(=O)[C@@H](NC(=O)[C@H](CCCN=C(N)N)NC(=O)[C@@H](N)CCCCN)C(C)C)C(=O)N[C@@H](CCC(N)=O)C(=O)N[C@@H](Cc1c[nH]c2ccccc12)C(=O)O. The van der Waals surface area contributed by atoms with E-state index in [9.17, 15) is 38.7 Å². The second-order valence-corrected chi connectivity index (χ2v) is 15.0. The molecule has 0 spiro atoms. The number of carbonyl (C=O) groups is 7. The third-order valence-corrected chi connectivity index (χ3v) is 9.95. The Bertz CT molecular complexity index is 1760. The predicted octanol–water partition coefficient (Wildman–Crippen LogP) is -1.30. The summed E-state index contributed by atoms with van der Waals surface area (Å²) in [4.78, 5) is 99.3. The summed E-state index contributed by atoms with van der Waals surface area (Å²) in [6, 6.07) is 0.000952. The first-order chi connectivity index (χ1) is 27.9. The fourth-order valence-corrected chi connectivity index (χ4v) is 6.23. The third-order valence-electron chi connectivity index (χ3n) is 9.95. The quantitative estimate of drug-likeness (QED) is 0.0284. The number of hydrogen-bond acceptors (Lipinski definition) is 10. The number of benzene rings is 1. The number of fused-ring (bicyclic) bond motifs is 1. The van der Waals surface area contributed by atoms with Crippen molar-refractivity contribution in [2.75, 3.05) is 13.1 Å². The topological polar surface area (TPSA) is 358 Å². The molecule has 6 amide bonds. The highest BCUT2D eigenvalue weighted by molar-refractivity contribution is 5.97. The molecule has 0 saturated carbocycles. The molecule has 0 aliphatic rings. The summed E-state index contributed by atoms with van der Waals surface area (Å²) >= 11 is 0. The first kappa shape index (κ1) is 49.4. The first-order valence-corrected chi connectivity index (χ1v) is 20.0. The van der Waals surface area contributed by atoms with Crippen LogP contribution in [0.15, 0.2) is 35.5 Å². The Labute approximate surface area is 344 Å². The number of guanidine groups is 1. The van der Waals surface area contributed by atoms with E-state index in [0.29, 0.717) is 44.2 Å². The highest BCUT2D eigenvalue weighted by Crippen LogP contribution is 2.20. The highest BCUT2D eigenvalue weighted by Gasteiger charge is 2.35. The van der Waals surface area contributed by atoms with E-state index in [2.05, 4.69) is 36.6 Å². The summed E-state index contributed by atoms with van der Waals surface area (Å²) in [5.41, 5.74) is 29.3. The van der Waals surface area contributed by atoms with Gasteiger partial charge < -0.3 is 65.3 Å². The molecule has 0 aliphatic carbocycles.